The minimum atomic E-state index is -4.67. The highest BCUT2D eigenvalue weighted by atomic mass is 32.3. The van der Waals surface area contributed by atoms with Crippen LogP contribution in [0.25, 0.3) is 16.4 Å². The van der Waals surface area contributed by atoms with Gasteiger partial charge in [0.05, 0.1) is 0 Å². The lowest BCUT2D eigenvalue weighted by molar-refractivity contribution is 0.381. The first-order valence-corrected chi connectivity index (χ1v) is 9.38. The summed E-state index contributed by atoms with van der Waals surface area (Å²) in [7, 11) is -4.67. The van der Waals surface area contributed by atoms with Crippen molar-refractivity contribution >= 4 is 26.8 Å². The van der Waals surface area contributed by atoms with Crippen molar-refractivity contribution in [3.05, 3.63) is 48.4 Å². The van der Waals surface area contributed by atoms with Gasteiger partial charge in [-0.15, -0.1) is 0 Å². The molecule has 0 unspecified atom stereocenters. The molecule has 0 aliphatic heterocycles. The lowest BCUT2D eigenvalue weighted by Crippen LogP contribution is -2.07. The smallest absolute Gasteiger partial charge is 0.304 e. The molecule has 1 saturated carbocycles. The Bertz CT molecular complexity index is 882. The van der Waals surface area contributed by atoms with Gasteiger partial charge in [0, 0.05) is 34.8 Å². The summed E-state index contributed by atoms with van der Waals surface area (Å²) in [6.45, 7) is 0. The van der Waals surface area contributed by atoms with Gasteiger partial charge in [-0.3, -0.25) is 9.11 Å². The maximum Gasteiger partial charge on any atom is 0.394 e. The standard InChI is InChI=1S/C17H18N2.H2O4S/c1-2-7-13(8-3-1)16-14-9-4-5-10-15(14)17-18-11-6-12-19(16)17;1-5(2,3)4/h4-6,9-13H,1-3,7-8H2;(H2,1,2,3,4). The molecule has 6 nitrogen and oxygen atoms in total. The van der Waals surface area contributed by atoms with Gasteiger partial charge < -0.3 is 4.40 Å². The molecule has 0 radical (unpaired) electrons. The van der Waals surface area contributed by atoms with Crippen LogP contribution in [0.2, 0.25) is 0 Å². The van der Waals surface area contributed by atoms with Crippen molar-refractivity contribution in [1.82, 2.24) is 9.38 Å². The fourth-order valence-electron chi connectivity index (χ4n) is 3.59. The van der Waals surface area contributed by atoms with Gasteiger partial charge in [0.2, 0.25) is 0 Å². The number of hydrogen-bond donors (Lipinski definition) is 2. The lowest BCUT2D eigenvalue weighted by Gasteiger charge is -2.22. The molecule has 1 aliphatic carbocycles. The van der Waals surface area contributed by atoms with E-state index in [-0.39, 0.29) is 0 Å². The van der Waals surface area contributed by atoms with Crippen LogP contribution in [0.5, 0.6) is 0 Å². The second-order valence-corrected chi connectivity index (χ2v) is 6.92. The molecule has 1 fully saturated rings. The number of nitrogens with zero attached hydrogens (tertiary/aromatic N) is 2. The normalized spacial score (nSPS) is 16.1. The number of aromatic nitrogens is 2. The van der Waals surface area contributed by atoms with Crippen molar-refractivity contribution in [3.8, 4) is 0 Å². The molecule has 0 saturated heterocycles. The van der Waals surface area contributed by atoms with E-state index in [0.29, 0.717) is 5.92 Å². The Balaban J connectivity index is 0.000000300. The first-order chi connectivity index (χ1) is 11.4. The monoisotopic (exact) mass is 348 g/mol. The second kappa shape index (κ2) is 6.88. The predicted molar refractivity (Wildman–Crippen MR) is 92.7 cm³/mol. The highest BCUT2D eigenvalue weighted by molar-refractivity contribution is 7.79. The second-order valence-electron chi connectivity index (χ2n) is 6.03. The molecule has 1 aliphatic rings. The number of hydrogen-bond acceptors (Lipinski definition) is 3. The van der Waals surface area contributed by atoms with E-state index in [4.69, 9.17) is 17.5 Å². The van der Waals surface area contributed by atoms with Gasteiger partial charge in [0.15, 0.2) is 0 Å². The van der Waals surface area contributed by atoms with Crippen LogP contribution >= 0.6 is 0 Å². The van der Waals surface area contributed by atoms with Gasteiger partial charge in [-0.05, 0) is 18.9 Å². The highest BCUT2D eigenvalue weighted by Gasteiger charge is 2.22. The zero-order chi connectivity index (χ0) is 17.2. The Morgan fingerprint density at radius 3 is 2.29 bits per heavy atom. The molecule has 24 heavy (non-hydrogen) atoms. The molecule has 4 rings (SSSR count). The van der Waals surface area contributed by atoms with E-state index in [1.165, 1.54) is 48.6 Å². The summed E-state index contributed by atoms with van der Waals surface area (Å²) in [6, 6.07) is 10.8. The summed E-state index contributed by atoms with van der Waals surface area (Å²) in [5.41, 5.74) is 2.59. The molecule has 0 atom stereocenters. The fourth-order valence-corrected chi connectivity index (χ4v) is 3.59. The summed E-state index contributed by atoms with van der Waals surface area (Å²) in [6.07, 6.45) is 10.9. The van der Waals surface area contributed by atoms with Gasteiger partial charge in [-0.1, -0.05) is 43.5 Å². The van der Waals surface area contributed by atoms with Crippen LogP contribution in [0.4, 0.5) is 0 Å². The molecule has 128 valence electrons. The Kier molecular flexibility index (Phi) is 4.84. The average Bonchev–Trinajstić information content (AvgIpc) is 2.89. The molecule has 2 heterocycles. The number of benzene rings is 1. The van der Waals surface area contributed by atoms with Crippen molar-refractivity contribution in [2.45, 2.75) is 38.0 Å². The molecule has 0 spiro atoms. The predicted octanol–water partition coefficient (Wildman–Crippen LogP) is 3.88. The Hall–Kier alpha value is -1.96. The number of fused-ring (bicyclic) bond motifs is 3. The highest BCUT2D eigenvalue weighted by Crippen LogP contribution is 2.38. The van der Waals surface area contributed by atoms with Gasteiger partial charge in [-0.2, -0.15) is 8.42 Å². The Morgan fingerprint density at radius 2 is 1.62 bits per heavy atom. The van der Waals surface area contributed by atoms with E-state index < -0.39 is 10.4 Å². The van der Waals surface area contributed by atoms with E-state index in [1.807, 2.05) is 12.3 Å². The van der Waals surface area contributed by atoms with Crippen LogP contribution in [0, 0.1) is 0 Å². The third-order valence-corrected chi connectivity index (χ3v) is 4.44. The van der Waals surface area contributed by atoms with Gasteiger partial charge in [0.1, 0.15) is 5.65 Å². The van der Waals surface area contributed by atoms with Crippen molar-refractivity contribution in [3.63, 3.8) is 0 Å². The zero-order valence-electron chi connectivity index (χ0n) is 13.2. The van der Waals surface area contributed by atoms with Gasteiger partial charge in [-0.25, -0.2) is 4.98 Å². The average molecular weight is 348 g/mol. The van der Waals surface area contributed by atoms with Crippen LogP contribution in [0.15, 0.2) is 42.7 Å². The molecule has 3 aromatic rings. The SMILES string of the molecule is O=S(=O)(O)O.c1ccc2c(c1)c(C1CCCCC1)n1cccnc21. The fraction of sp³-hybridized carbons (Fsp3) is 0.353. The molecule has 2 N–H and O–H groups in total. The topological polar surface area (TPSA) is 91.9 Å². The minimum Gasteiger partial charge on any atom is -0.304 e. The maximum atomic E-state index is 8.74. The first kappa shape index (κ1) is 16.9. The van der Waals surface area contributed by atoms with Crippen molar-refractivity contribution in [2.75, 3.05) is 0 Å². The first-order valence-electron chi connectivity index (χ1n) is 7.98. The van der Waals surface area contributed by atoms with E-state index in [9.17, 15) is 0 Å². The van der Waals surface area contributed by atoms with Crippen LogP contribution in [0.3, 0.4) is 0 Å². The van der Waals surface area contributed by atoms with Crippen LogP contribution in [0.1, 0.15) is 43.7 Å². The van der Waals surface area contributed by atoms with E-state index in [0.717, 1.165) is 5.65 Å². The van der Waals surface area contributed by atoms with Crippen molar-refractivity contribution < 1.29 is 17.5 Å². The molecular weight excluding hydrogens is 328 g/mol. The van der Waals surface area contributed by atoms with E-state index in [1.54, 1.807) is 0 Å². The van der Waals surface area contributed by atoms with Crippen molar-refractivity contribution in [1.29, 1.82) is 0 Å². The molecule has 7 heteroatoms. The molecule has 2 aromatic heterocycles. The van der Waals surface area contributed by atoms with Crippen LogP contribution in [-0.4, -0.2) is 26.9 Å². The summed E-state index contributed by atoms with van der Waals surface area (Å²) >= 11 is 0. The molecular formula is C17H20N2O4S. The third kappa shape index (κ3) is 3.75. The summed E-state index contributed by atoms with van der Waals surface area (Å²) in [5, 5.41) is 2.69. The van der Waals surface area contributed by atoms with Crippen LogP contribution in [-0.2, 0) is 10.4 Å². The molecule has 0 bridgehead atoms. The third-order valence-electron chi connectivity index (χ3n) is 4.44. The zero-order valence-corrected chi connectivity index (χ0v) is 14.0. The Labute approximate surface area is 140 Å². The Morgan fingerprint density at radius 1 is 1.00 bits per heavy atom. The maximum absolute atomic E-state index is 8.74. The van der Waals surface area contributed by atoms with Crippen molar-refractivity contribution in [2.24, 2.45) is 0 Å². The van der Waals surface area contributed by atoms with Gasteiger partial charge >= 0.3 is 10.4 Å². The lowest BCUT2D eigenvalue weighted by atomic mass is 9.86. The molecule has 0 amide bonds. The summed E-state index contributed by atoms with van der Waals surface area (Å²) < 4.78 is 33.9. The van der Waals surface area contributed by atoms with E-state index in [2.05, 4.69) is 39.8 Å². The molecule has 1 aromatic carbocycles. The summed E-state index contributed by atoms with van der Waals surface area (Å²) in [5.74, 6) is 0.699. The van der Waals surface area contributed by atoms with E-state index >= 15 is 0 Å². The minimum absolute atomic E-state index is 0.699. The van der Waals surface area contributed by atoms with Crippen LogP contribution < -0.4 is 0 Å². The van der Waals surface area contributed by atoms with Gasteiger partial charge in [0.25, 0.3) is 0 Å². The number of rotatable bonds is 1. The summed E-state index contributed by atoms with van der Waals surface area (Å²) in [4.78, 5) is 4.59. The quantitative estimate of drug-likeness (QED) is 0.651. The largest absolute Gasteiger partial charge is 0.394 e.